The van der Waals surface area contributed by atoms with Gasteiger partial charge in [-0.1, -0.05) is 5.21 Å². The van der Waals surface area contributed by atoms with E-state index in [-0.39, 0.29) is 5.91 Å². The van der Waals surface area contributed by atoms with Crippen LogP contribution in [0.3, 0.4) is 0 Å². The van der Waals surface area contributed by atoms with Crippen molar-refractivity contribution >= 4 is 11.9 Å². The van der Waals surface area contributed by atoms with Gasteiger partial charge < -0.3 is 10.0 Å². The fourth-order valence-corrected chi connectivity index (χ4v) is 2.70. The Morgan fingerprint density at radius 3 is 2.59 bits per heavy atom. The van der Waals surface area contributed by atoms with Crippen LogP contribution in [0.15, 0.2) is 36.7 Å². The number of likely N-dealkylation sites (tertiary alicyclic amines) is 1. The molecule has 1 fully saturated rings. The van der Waals surface area contributed by atoms with Crippen molar-refractivity contribution in [3.63, 3.8) is 0 Å². The van der Waals surface area contributed by atoms with Crippen LogP contribution < -0.4 is 0 Å². The summed E-state index contributed by atoms with van der Waals surface area (Å²) in [6, 6.07) is 6.18. The Kier molecular flexibility index (Phi) is 3.86. The lowest BCUT2D eigenvalue weighted by molar-refractivity contribution is -0.143. The number of carbonyl (C=O) groups is 2. The molecule has 1 N–H and O–H groups in total. The zero-order chi connectivity index (χ0) is 15.5. The van der Waals surface area contributed by atoms with Crippen molar-refractivity contribution in [3.8, 4) is 5.69 Å². The third-order valence-corrected chi connectivity index (χ3v) is 3.85. The number of benzene rings is 1. The maximum atomic E-state index is 12.5. The number of aromatic nitrogens is 3. The standard InChI is InChI=1S/C15H16N4O3/c20-14(18-9-2-1-3-13(18)15(21)22)11-4-6-12(7-5-11)19-10-8-16-17-19/h4-8,10,13H,1-3,9H2,(H,21,22). The van der Waals surface area contributed by atoms with Gasteiger partial charge in [-0.15, -0.1) is 5.10 Å². The van der Waals surface area contributed by atoms with E-state index >= 15 is 0 Å². The highest BCUT2D eigenvalue weighted by atomic mass is 16.4. The van der Waals surface area contributed by atoms with E-state index in [1.54, 1.807) is 41.3 Å². The second kappa shape index (κ2) is 5.97. The van der Waals surface area contributed by atoms with Gasteiger partial charge in [0.1, 0.15) is 6.04 Å². The molecule has 1 aliphatic heterocycles. The first-order chi connectivity index (χ1) is 10.7. The van der Waals surface area contributed by atoms with Crippen LogP contribution in [0.5, 0.6) is 0 Å². The van der Waals surface area contributed by atoms with Crippen LogP contribution in [0.25, 0.3) is 5.69 Å². The van der Waals surface area contributed by atoms with Crippen LogP contribution in [0.4, 0.5) is 0 Å². The van der Waals surface area contributed by atoms with E-state index in [0.717, 1.165) is 18.5 Å². The lowest BCUT2D eigenvalue weighted by atomic mass is 10.0. The predicted molar refractivity (Wildman–Crippen MR) is 77.7 cm³/mol. The lowest BCUT2D eigenvalue weighted by Crippen LogP contribution is -2.47. The maximum absolute atomic E-state index is 12.5. The molecule has 0 spiro atoms. The Labute approximate surface area is 127 Å². The molecule has 1 atom stereocenters. The Morgan fingerprint density at radius 2 is 1.95 bits per heavy atom. The Balaban J connectivity index is 1.81. The molecule has 1 aromatic carbocycles. The molecule has 22 heavy (non-hydrogen) atoms. The number of hydrogen-bond donors (Lipinski definition) is 1. The number of piperidine rings is 1. The third-order valence-electron chi connectivity index (χ3n) is 3.85. The summed E-state index contributed by atoms with van der Waals surface area (Å²) in [6.07, 6.45) is 5.48. The van der Waals surface area contributed by atoms with Crippen molar-refractivity contribution in [2.45, 2.75) is 25.3 Å². The van der Waals surface area contributed by atoms with Gasteiger partial charge >= 0.3 is 5.97 Å². The Bertz CT molecular complexity index is 667. The number of nitrogens with zero attached hydrogens (tertiary/aromatic N) is 4. The number of hydrogen-bond acceptors (Lipinski definition) is 4. The van der Waals surface area contributed by atoms with Crippen LogP contribution in [-0.2, 0) is 4.79 Å². The van der Waals surface area contributed by atoms with Crippen molar-refractivity contribution in [2.75, 3.05) is 6.54 Å². The molecule has 0 bridgehead atoms. The highest BCUT2D eigenvalue weighted by Gasteiger charge is 2.32. The molecule has 1 aliphatic rings. The van der Waals surface area contributed by atoms with Crippen molar-refractivity contribution in [2.24, 2.45) is 0 Å². The quantitative estimate of drug-likeness (QED) is 0.924. The smallest absolute Gasteiger partial charge is 0.326 e. The highest BCUT2D eigenvalue weighted by molar-refractivity contribution is 5.96. The molecule has 2 aromatic rings. The number of amides is 1. The summed E-state index contributed by atoms with van der Waals surface area (Å²) < 4.78 is 1.59. The van der Waals surface area contributed by atoms with Gasteiger partial charge in [0, 0.05) is 12.1 Å². The summed E-state index contributed by atoms with van der Waals surface area (Å²) >= 11 is 0. The molecular weight excluding hydrogens is 284 g/mol. The number of carbonyl (C=O) groups excluding carboxylic acids is 1. The average molecular weight is 300 g/mol. The molecule has 0 saturated carbocycles. The van der Waals surface area contributed by atoms with Gasteiger partial charge in [0.05, 0.1) is 18.1 Å². The number of carboxylic acid groups (broad SMARTS) is 1. The summed E-state index contributed by atoms with van der Waals surface area (Å²) in [6.45, 7) is 0.487. The zero-order valence-electron chi connectivity index (χ0n) is 11.9. The molecule has 3 rings (SSSR count). The summed E-state index contributed by atoms with van der Waals surface area (Å²) in [5, 5.41) is 16.9. The van der Waals surface area contributed by atoms with Crippen LogP contribution in [0.2, 0.25) is 0 Å². The minimum atomic E-state index is -0.938. The Morgan fingerprint density at radius 1 is 1.18 bits per heavy atom. The van der Waals surface area contributed by atoms with Gasteiger partial charge in [-0.2, -0.15) is 0 Å². The van der Waals surface area contributed by atoms with Gasteiger partial charge in [0.25, 0.3) is 5.91 Å². The molecule has 1 saturated heterocycles. The fraction of sp³-hybridized carbons (Fsp3) is 0.333. The molecule has 1 unspecified atom stereocenters. The van der Waals surface area contributed by atoms with Crippen molar-refractivity contribution in [1.29, 1.82) is 0 Å². The van der Waals surface area contributed by atoms with Gasteiger partial charge in [-0.05, 0) is 43.5 Å². The summed E-state index contributed by atoms with van der Waals surface area (Å²) in [5.41, 5.74) is 1.28. The minimum Gasteiger partial charge on any atom is -0.480 e. The predicted octanol–water partition coefficient (Wildman–Crippen LogP) is 1.35. The van der Waals surface area contributed by atoms with E-state index in [0.29, 0.717) is 18.5 Å². The van der Waals surface area contributed by atoms with Crippen molar-refractivity contribution < 1.29 is 14.7 Å². The molecule has 7 nitrogen and oxygen atoms in total. The third kappa shape index (κ3) is 2.69. The summed E-state index contributed by atoms with van der Waals surface area (Å²) in [7, 11) is 0. The molecule has 1 amide bonds. The average Bonchev–Trinajstić information content (AvgIpc) is 3.09. The van der Waals surface area contributed by atoms with Gasteiger partial charge in [0.2, 0.25) is 0 Å². The van der Waals surface area contributed by atoms with Crippen molar-refractivity contribution in [1.82, 2.24) is 19.9 Å². The molecule has 1 aromatic heterocycles. The number of rotatable bonds is 3. The summed E-state index contributed by atoms with van der Waals surface area (Å²) in [5.74, 6) is -1.18. The first kappa shape index (κ1) is 14.2. The highest BCUT2D eigenvalue weighted by Crippen LogP contribution is 2.20. The van der Waals surface area contributed by atoms with E-state index in [4.69, 9.17) is 0 Å². The first-order valence-electron chi connectivity index (χ1n) is 7.17. The fourth-order valence-electron chi connectivity index (χ4n) is 2.70. The second-order valence-corrected chi connectivity index (χ2v) is 5.24. The van der Waals surface area contributed by atoms with E-state index < -0.39 is 12.0 Å². The van der Waals surface area contributed by atoms with Crippen LogP contribution in [-0.4, -0.2) is 49.5 Å². The van der Waals surface area contributed by atoms with Gasteiger partial charge in [0.15, 0.2) is 0 Å². The number of carboxylic acids is 1. The molecule has 114 valence electrons. The van der Waals surface area contributed by atoms with Crippen LogP contribution >= 0.6 is 0 Å². The van der Waals surface area contributed by atoms with Crippen LogP contribution in [0, 0.1) is 0 Å². The molecule has 0 radical (unpaired) electrons. The molecule has 2 heterocycles. The van der Waals surface area contributed by atoms with E-state index in [1.807, 2.05) is 0 Å². The van der Waals surface area contributed by atoms with Gasteiger partial charge in [-0.25, -0.2) is 9.48 Å². The molecular formula is C15H16N4O3. The first-order valence-corrected chi connectivity index (χ1v) is 7.17. The molecule has 7 heteroatoms. The Hall–Kier alpha value is -2.70. The van der Waals surface area contributed by atoms with Crippen molar-refractivity contribution in [3.05, 3.63) is 42.2 Å². The second-order valence-electron chi connectivity index (χ2n) is 5.24. The topological polar surface area (TPSA) is 88.3 Å². The van der Waals surface area contributed by atoms with Gasteiger partial charge in [-0.3, -0.25) is 4.79 Å². The maximum Gasteiger partial charge on any atom is 0.326 e. The largest absolute Gasteiger partial charge is 0.480 e. The van der Waals surface area contributed by atoms with Crippen LogP contribution in [0.1, 0.15) is 29.6 Å². The monoisotopic (exact) mass is 300 g/mol. The van der Waals surface area contributed by atoms with E-state index in [2.05, 4.69) is 10.3 Å². The summed E-state index contributed by atoms with van der Waals surface area (Å²) in [4.78, 5) is 25.3. The zero-order valence-corrected chi connectivity index (χ0v) is 11.9. The molecule has 0 aliphatic carbocycles. The number of aliphatic carboxylic acids is 1. The lowest BCUT2D eigenvalue weighted by Gasteiger charge is -2.33. The normalized spacial score (nSPS) is 18.2. The van der Waals surface area contributed by atoms with E-state index in [9.17, 15) is 14.7 Å². The minimum absolute atomic E-state index is 0.239. The van der Waals surface area contributed by atoms with E-state index in [1.165, 1.54) is 4.90 Å². The SMILES string of the molecule is O=C(O)C1CCCCN1C(=O)c1ccc(-n2ccnn2)cc1.